The highest BCUT2D eigenvalue weighted by molar-refractivity contribution is 5.82. The van der Waals surface area contributed by atoms with E-state index < -0.39 is 0 Å². The van der Waals surface area contributed by atoms with Gasteiger partial charge in [-0.05, 0) is 12.5 Å². The second kappa shape index (κ2) is 6.68. The van der Waals surface area contributed by atoms with Crippen LogP contribution in [0.15, 0.2) is 29.3 Å². The van der Waals surface area contributed by atoms with Crippen LogP contribution in [-0.2, 0) is 6.54 Å². The number of hydrogen-bond acceptors (Lipinski definition) is 2. The molecule has 0 aromatic heterocycles. The van der Waals surface area contributed by atoms with Gasteiger partial charge >= 0.3 is 6.03 Å². The van der Waals surface area contributed by atoms with E-state index in [0.717, 1.165) is 12.5 Å². The van der Waals surface area contributed by atoms with Gasteiger partial charge in [-0.3, -0.25) is 4.99 Å². The SMILES string of the molecule is C/N=C(/N(C)Cc1ccc(C)cc1)N1CN(C)C(=O)N(C)C1. The molecule has 1 heterocycles. The number of nitrogens with zero attached hydrogens (tertiary/aromatic N) is 5. The van der Waals surface area contributed by atoms with Gasteiger partial charge in [-0.2, -0.15) is 0 Å². The van der Waals surface area contributed by atoms with Crippen LogP contribution in [0.25, 0.3) is 0 Å². The molecule has 1 fully saturated rings. The standard InChI is InChI=1S/C16H25N5O/c1-13-6-8-14(9-7-13)10-18(3)15(17-2)21-11-19(4)16(22)20(5)12-21/h6-9H,10-12H2,1-5H3/b17-15-. The predicted octanol–water partition coefficient (Wildman–Crippen LogP) is 1.63. The van der Waals surface area contributed by atoms with Crippen LogP contribution >= 0.6 is 0 Å². The molecule has 1 aromatic carbocycles. The fraction of sp³-hybridized carbons (Fsp3) is 0.500. The molecule has 120 valence electrons. The minimum Gasteiger partial charge on any atom is -0.341 e. The number of amides is 2. The van der Waals surface area contributed by atoms with E-state index in [9.17, 15) is 4.79 Å². The van der Waals surface area contributed by atoms with E-state index in [0.29, 0.717) is 13.3 Å². The van der Waals surface area contributed by atoms with Gasteiger partial charge in [0.25, 0.3) is 0 Å². The van der Waals surface area contributed by atoms with Crippen LogP contribution in [0.5, 0.6) is 0 Å². The lowest BCUT2D eigenvalue weighted by atomic mass is 10.1. The van der Waals surface area contributed by atoms with Crippen molar-refractivity contribution in [2.45, 2.75) is 13.5 Å². The molecule has 1 aromatic rings. The molecule has 0 aliphatic carbocycles. The third-order valence-electron chi connectivity index (χ3n) is 3.78. The maximum atomic E-state index is 11.8. The maximum absolute atomic E-state index is 11.8. The van der Waals surface area contributed by atoms with E-state index in [4.69, 9.17) is 0 Å². The second-order valence-electron chi connectivity index (χ2n) is 5.87. The van der Waals surface area contributed by atoms with Crippen molar-refractivity contribution in [3.05, 3.63) is 35.4 Å². The van der Waals surface area contributed by atoms with Crippen molar-refractivity contribution in [3.8, 4) is 0 Å². The average molecular weight is 303 g/mol. The molecule has 22 heavy (non-hydrogen) atoms. The van der Waals surface area contributed by atoms with Crippen LogP contribution in [0.2, 0.25) is 0 Å². The van der Waals surface area contributed by atoms with Gasteiger partial charge in [0.15, 0.2) is 5.96 Å². The molecule has 0 spiro atoms. The quantitative estimate of drug-likeness (QED) is 0.616. The Kier molecular flexibility index (Phi) is 4.90. The highest BCUT2D eigenvalue weighted by Crippen LogP contribution is 2.12. The number of aryl methyl sites for hydroxylation is 1. The van der Waals surface area contributed by atoms with Gasteiger partial charge in [-0.15, -0.1) is 0 Å². The normalized spacial score (nSPS) is 16.3. The van der Waals surface area contributed by atoms with Crippen molar-refractivity contribution in [1.29, 1.82) is 0 Å². The third kappa shape index (κ3) is 3.50. The van der Waals surface area contributed by atoms with E-state index in [1.165, 1.54) is 11.1 Å². The molecule has 0 bridgehead atoms. The third-order valence-corrected chi connectivity index (χ3v) is 3.78. The molecule has 2 rings (SSSR count). The lowest BCUT2D eigenvalue weighted by Gasteiger charge is -2.42. The summed E-state index contributed by atoms with van der Waals surface area (Å²) in [7, 11) is 7.42. The first kappa shape index (κ1) is 16.1. The molecule has 0 atom stereocenters. The number of hydrogen-bond donors (Lipinski definition) is 0. The number of carbonyl (C=O) groups is 1. The molecule has 0 unspecified atom stereocenters. The molecular formula is C16H25N5O. The summed E-state index contributed by atoms with van der Waals surface area (Å²) >= 11 is 0. The number of guanidine groups is 1. The van der Waals surface area contributed by atoms with E-state index >= 15 is 0 Å². The summed E-state index contributed by atoms with van der Waals surface area (Å²) in [4.78, 5) is 23.9. The maximum Gasteiger partial charge on any atom is 0.322 e. The number of urea groups is 1. The number of rotatable bonds is 2. The lowest BCUT2D eigenvalue weighted by molar-refractivity contribution is 0.0876. The van der Waals surface area contributed by atoms with Gasteiger partial charge < -0.3 is 19.6 Å². The largest absolute Gasteiger partial charge is 0.341 e. The van der Waals surface area contributed by atoms with Crippen molar-refractivity contribution in [3.63, 3.8) is 0 Å². The van der Waals surface area contributed by atoms with Crippen LogP contribution in [0.4, 0.5) is 4.79 Å². The van der Waals surface area contributed by atoms with Crippen LogP contribution in [0.1, 0.15) is 11.1 Å². The number of aliphatic imine (C=N–C) groups is 1. The zero-order chi connectivity index (χ0) is 16.3. The Bertz CT molecular complexity index is 540. The first-order chi connectivity index (χ1) is 10.4. The van der Waals surface area contributed by atoms with Crippen molar-refractivity contribution in [2.75, 3.05) is 41.5 Å². The smallest absolute Gasteiger partial charge is 0.322 e. The molecule has 6 nitrogen and oxygen atoms in total. The van der Waals surface area contributed by atoms with Crippen LogP contribution in [0.3, 0.4) is 0 Å². The molecule has 0 radical (unpaired) electrons. The van der Waals surface area contributed by atoms with E-state index in [2.05, 4.69) is 46.0 Å². The summed E-state index contributed by atoms with van der Waals surface area (Å²) in [5.41, 5.74) is 2.50. The van der Waals surface area contributed by atoms with Gasteiger partial charge in [-0.25, -0.2) is 4.79 Å². The molecule has 0 N–H and O–H groups in total. The minimum absolute atomic E-state index is 0.0351. The van der Waals surface area contributed by atoms with Gasteiger partial charge in [0, 0.05) is 34.7 Å². The topological polar surface area (TPSA) is 42.4 Å². The predicted molar refractivity (Wildman–Crippen MR) is 88.5 cm³/mol. The Morgan fingerprint density at radius 2 is 1.73 bits per heavy atom. The molecular weight excluding hydrogens is 278 g/mol. The number of benzene rings is 1. The van der Waals surface area contributed by atoms with Gasteiger partial charge in [0.1, 0.15) is 0 Å². The summed E-state index contributed by atoms with van der Waals surface area (Å²) in [6, 6.07) is 8.54. The Morgan fingerprint density at radius 1 is 1.18 bits per heavy atom. The Labute approximate surface area is 132 Å². The van der Waals surface area contributed by atoms with E-state index in [1.807, 2.05) is 7.05 Å². The Balaban J connectivity index is 2.07. The molecule has 1 aliphatic heterocycles. The fourth-order valence-corrected chi connectivity index (χ4v) is 2.69. The van der Waals surface area contributed by atoms with Crippen LogP contribution < -0.4 is 0 Å². The summed E-state index contributed by atoms with van der Waals surface area (Å²) < 4.78 is 0. The summed E-state index contributed by atoms with van der Waals surface area (Å²) in [5.74, 6) is 0.881. The first-order valence-electron chi connectivity index (χ1n) is 7.37. The Morgan fingerprint density at radius 3 is 2.23 bits per heavy atom. The minimum atomic E-state index is 0.0351. The average Bonchev–Trinajstić information content (AvgIpc) is 2.48. The molecule has 1 saturated heterocycles. The van der Waals surface area contributed by atoms with Crippen molar-refractivity contribution in [1.82, 2.24) is 19.6 Å². The lowest BCUT2D eigenvalue weighted by Crippen LogP contribution is -2.59. The van der Waals surface area contributed by atoms with Crippen molar-refractivity contribution >= 4 is 12.0 Å². The van der Waals surface area contributed by atoms with Crippen LogP contribution in [0, 0.1) is 6.92 Å². The highest BCUT2D eigenvalue weighted by atomic mass is 16.2. The Hall–Kier alpha value is -2.24. The zero-order valence-corrected chi connectivity index (χ0v) is 14.1. The molecule has 0 saturated carbocycles. The van der Waals surface area contributed by atoms with Gasteiger partial charge in [-0.1, -0.05) is 29.8 Å². The second-order valence-corrected chi connectivity index (χ2v) is 5.87. The first-order valence-corrected chi connectivity index (χ1v) is 7.37. The molecule has 6 heteroatoms. The summed E-state index contributed by atoms with van der Waals surface area (Å²) in [6.07, 6.45) is 0. The van der Waals surface area contributed by atoms with Gasteiger partial charge in [0.2, 0.25) is 0 Å². The van der Waals surface area contributed by atoms with Crippen molar-refractivity contribution in [2.24, 2.45) is 4.99 Å². The molecule has 1 aliphatic rings. The summed E-state index contributed by atoms with van der Waals surface area (Å²) in [5, 5.41) is 0. The number of carbonyl (C=O) groups excluding carboxylic acids is 1. The zero-order valence-electron chi connectivity index (χ0n) is 14.1. The van der Waals surface area contributed by atoms with Crippen LogP contribution in [-0.4, -0.2) is 73.1 Å². The monoisotopic (exact) mass is 303 g/mol. The van der Waals surface area contributed by atoms with Crippen molar-refractivity contribution < 1.29 is 4.79 Å². The summed E-state index contributed by atoms with van der Waals surface area (Å²) in [6.45, 7) is 3.97. The van der Waals surface area contributed by atoms with E-state index in [1.54, 1.807) is 30.9 Å². The fourth-order valence-electron chi connectivity index (χ4n) is 2.69. The van der Waals surface area contributed by atoms with Gasteiger partial charge in [0.05, 0.1) is 13.3 Å². The highest BCUT2D eigenvalue weighted by Gasteiger charge is 2.28. The van der Waals surface area contributed by atoms with E-state index in [-0.39, 0.29) is 6.03 Å². The molecule has 2 amide bonds.